The van der Waals surface area contributed by atoms with Crippen molar-refractivity contribution in [3.63, 3.8) is 0 Å². The molecule has 4 nitrogen and oxygen atoms in total. The third-order valence-corrected chi connectivity index (χ3v) is 4.10. The minimum Gasteiger partial charge on any atom is -0.325 e. The van der Waals surface area contributed by atoms with Gasteiger partial charge in [-0.2, -0.15) is 0 Å². The molecule has 0 spiro atoms. The minimum absolute atomic E-state index is 0.0281. The topological polar surface area (TPSA) is 46.4 Å². The summed E-state index contributed by atoms with van der Waals surface area (Å²) in [6.45, 7) is 6.08. The van der Waals surface area contributed by atoms with Crippen LogP contribution in [0.25, 0.3) is 5.65 Å². The van der Waals surface area contributed by atoms with Crippen molar-refractivity contribution in [3.05, 3.63) is 65.1 Å². The number of nitrogens with zero attached hydrogens (tertiary/aromatic N) is 2. The van der Waals surface area contributed by atoms with E-state index in [2.05, 4.69) is 35.4 Å². The zero-order chi connectivity index (χ0) is 16.4. The predicted octanol–water partition coefficient (Wildman–Crippen LogP) is 3.83. The summed E-state index contributed by atoms with van der Waals surface area (Å²) in [5.41, 5.74) is 6.21. The van der Waals surface area contributed by atoms with Crippen LogP contribution < -0.4 is 5.32 Å². The second kappa shape index (κ2) is 6.24. The normalized spacial score (nSPS) is 10.9. The van der Waals surface area contributed by atoms with Crippen LogP contribution in [0.5, 0.6) is 0 Å². The minimum atomic E-state index is 0.0281. The van der Waals surface area contributed by atoms with E-state index in [-0.39, 0.29) is 5.91 Å². The van der Waals surface area contributed by atoms with Gasteiger partial charge in [-0.15, -0.1) is 0 Å². The summed E-state index contributed by atoms with van der Waals surface area (Å²) in [4.78, 5) is 16.6. The monoisotopic (exact) mass is 307 g/mol. The van der Waals surface area contributed by atoms with Gasteiger partial charge in [0.1, 0.15) is 5.65 Å². The molecule has 1 aromatic carbocycles. The number of fused-ring (bicyclic) bond motifs is 1. The molecule has 0 aliphatic rings. The van der Waals surface area contributed by atoms with E-state index in [1.807, 2.05) is 42.6 Å². The quantitative estimate of drug-likeness (QED) is 0.796. The molecule has 3 rings (SSSR count). The Balaban J connectivity index is 1.66. The number of pyridine rings is 1. The molecule has 3 aromatic rings. The maximum atomic E-state index is 12.2. The lowest BCUT2D eigenvalue weighted by Crippen LogP contribution is -2.12. The largest absolute Gasteiger partial charge is 0.325 e. The summed E-state index contributed by atoms with van der Waals surface area (Å²) >= 11 is 0. The summed E-state index contributed by atoms with van der Waals surface area (Å²) in [5.74, 6) is 0.0281. The fourth-order valence-electron chi connectivity index (χ4n) is 2.70. The molecule has 2 aromatic heterocycles. The van der Waals surface area contributed by atoms with Crippen molar-refractivity contribution in [1.82, 2.24) is 9.38 Å². The lowest BCUT2D eigenvalue weighted by Gasteiger charge is -2.07. The first-order valence-electron chi connectivity index (χ1n) is 7.83. The fourth-order valence-corrected chi connectivity index (χ4v) is 2.70. The van der Waals surface area contributed by atoms with Crippen LogP contribution >= 0.6 is 0 Å². The number of nitrogens with one attached hydrogen (secondary N) is 1. The molecule has 0 aliphatic heterocycles. The summed E-state index contributed by atoms with van der Waals surface area (Å²) < 4.78 is 2.01. The average molecular weight is 307 g/mol. The molecule has 4 heteroatoms. The molecule has 0 aliphatic carbocycles. The van der Waals surface area contributed by atoms with E-state index >= 15 is 0 Å². The molecule has 118 valence electrons. The van der Waals surface area contributed by atoms with Crippen molar-refractivity contribution in [2.45, 2.75) is 33.6 Å². The van der Waals surface area contributed by atoms with Gasteiger partial charge in [-0.3, -0.25) is 4.79 Å². The fraction of sp³-hybridized carbons (Fsp3) is 0.263. The van der Waals surface area contributed by atoms with Crippen molar-refractivity contribution in [3.8, 4) is 0 Å². The van der Waals surface area contributed by atoms with Crippen molar-refractivity contribution < 1.29 is 4.79 Å². The maximum absolute atomic E-state index is 12.2. The first-order chi connectivity index (χ1) is 11.0. The maximum Gasteiger partial charge on any atom is 0.224 e. The van der Waals surface area contributed by atoms with Crippen LogP contribution in [0, 0.1) is 20.8 Å². The molecular formula is C19H21N3O. The van der Waals surface area contributed by atoms with Crippen molar-refractivity contribution in [2.75, 3.05) is 5.32 Å². The van der Waals surface area contributed by atoms with Crippen LogP contribution in [-0.2, 0) is 11.2 Å². The van der Waals surface area contributed by atoms with Gasteiger partial charge in [-0.25, -0.2) is 4.98 Å². The van der Waals surface area contributed by atoms with Crippen LogP contribution in [0.3, 0.4) is 0 Å². The molecule has 0 unspecified atom stereocenters. The van der Waals surface area contributed by atoms with Gasteiger partial charge >= 0.3 is 0 Å². The molecule has 0 atom stereocenters. The Kier molecular flexibility index (Phi) is 4.15. The molecule has 2 heterocycles. The molecule has 0 radical (unpaired) electrons. The molecule has 23 heavy (non-hydrogen) atoms. The highest BCUT2D eigenvalue weighted by molar-refractivity contribution is 5.90. The van der Waals surface area contributed by atoms with Crippen LogP contribution in [0.15, 0.2) is 42.6 Å². The highest BCUT2D eigenvalue weighted by Crippen LogP contribution is 2.16. The number of imidazole rings is 1. The SMILES string of the molecule is Cc1cccc(CCC(=O)Nc2ccc3nc(C)c(C)n3c2)c1. The molecule has 1 N–H and O–H groups in total. The van der Waals surface area contributed by atoms with Crippen LogP contribution in [-0.4, -0.2) is 15.3 Å². The van der Waals surface area contributed by atoms with Gasteiger partial charge in [0.25, 0.3) is 0 Å². The molecule has 0 bridgehead atoms. The van der Waals surface area contributed by atoms with E-state index in [1.165, 1.54) is 11.1 Å². The van der Waals surface area contributed by atoms with E-state index in [0.29, 0.717) is 6.42 Å². The number of hydrogen-bond acceptors (Lipinski definition) is 2. The Hall–Kier alpha value is -2.62. The summed E-state index contributed by atoms with van der Waals surface area (Å²) in [6.07, 6.45) is 3.15. The zero-order valence-electron chi connectivity index (χ0n) is 13.8. The molecule has 1 amide bonds. The Morgan fingerprint density at radius 1 is 1.17 bits per heavy atom. The number of carbonyl (C=O) groups is 1. The molecule has 0 fully saturated rings. The first kappa shape index (κ1) is 15.3. The Bertz CT molecular complexity index is 864. The van der Waals surface area contributed by atoms with Gasteiger partial charge in [0.05, 0.1) is 11.4 Å². The Morgan fingerprint density at radius 2 is 2.00 bits per heavy atom. The summed E-state index contributed by atoms with van der Waals surface area (Å²) in [7, 11) is 0. The van der Waals surface area contributed by atoms with Crippen molar-refractivity contribution in [2.24, 2.45) is 0 Å². The highest BCUT2D eigenvalue weighted by atomic mass is 16.1. The number of aryl methyl sites for hydroxylation is 4. The number of aromatic nitrogens is 2. The third kappa shape index (κ3) is 3.42. The van der Waals surface area contributed by atoms with Gasteiger partial charge in [0, 0.05) is 18.3 Å². The molecule has 0 saturated heterocycles. The van der Waals surface area contributed by atoms with Crippen molar-refractivity contribution >= 4 is 17.2 Å². The smallest absolute Gasteiger partial charge is 0.224 e. The van der Waals surface area contributed by atoms with E-state index < -0.39 is 0 Å². The number of amides is 1. The van der Waals surface area contributed by atoms with E-state index in [0.717, 1.165) is 29.1 Å². The summed E-state index contributed by atoms with van der Waals surface area (Å²) in [5, 5.41) is 2.97. The standard InChI is InChI=1S/C19H21N3O/c1-13-5-4-6-16(11-13)7-10-19(23)21-17-8-9-18-20-14(2)15(3)22(18)12-17/h4-6,8-9,11-12H,7,10H2,1-3H3,(H,21,23). The van der Waals surface area contributed by atoms with Gasteiger partial charge < -0.3 is 9.72 Å². The Labute approximate surface area is 136 Å². The van der Waals surface area contributed by atoms with Crippen LogP contribution in [0.2, 0.25) is 0 Å². The van der Waals surface area contributed by atoms with Gasteiger partial charge in [0.2, 0.25) is 5.91 Å². The van der Waals surface area contributed by atoms with Gasteiger partial charge in [0.15, 0.2) is 0 Å². The Morgan fingerprint density at radius 3 is 2.78 bits per heavy atom. The van der Waals surface area contributed by atoms with E-state index in [9.17, 15) is 4.79 Å². The molecule has 0 saturated carbocycles. The number of benzene rings is 1. The van der Waals surface area contributed by atoms with Gasteiger partial charge in [-0.1, -0.05) is 29.8 Å². The second-order valence-electron chi connectivity index (χ2n) is 5.97. The van der Waals surface area contributed by atoms with Crippen LogP contribution in [0.4, 0.5) is 5.69 Å². The number of hydrogen-bond donors (Lipinski definition) is 1. The van der Waals surface area contributed by atoms with E-state index in [4.69, 9.17) is 0 Å². The van der Waals surface area contributed by atoms with Crippen LogP contribution in [0.1, 0.15) is 28.9 Å². The average Bonchev–Trinajstić information content (AvgIpc) is 2.80. The first-order valence-corrected chi connectivity index (χ1v) is 7.83. The third-order valence-electron chi connectivity index (χ3n) is 4.10. The number of anilines is 1. The van der Waals surface area contributed by atoms with Crippen molar-refractivity contribution in [1.29, 1.82) is 0 Å². The molecular weight excluding hydrogens is 286 g/mol. The van der Waals surface area contributed by atoms with Gasteiger partial charge in [-0.05, 0) is 44.9 Å². The number of rotatable bonds is 4. The van der Waals surface area contributed by atoms with E-state index in [1.54, 1.807) is 0 Å². The predicted molar refractivity (Wildman–Crippen MR) is 92.8 cm³/mol. The zero-order valence-corrected chi connectivity index (χ0v) is 13.8. The summed E-state index contributed by atoms with van der Waals surface area (Å²) in [6, 6.07) is 12.1. The lowest BCUT2D eigenvalue weighted by molar-refractivity contribution is -0.116. The second-order valence-corrected chi connectivity index (χ2v) is 5.97. The highest BCUT2D eigenvalue weighted by Gasteiger charge is 2.07. The number of carbonyl (C=O) groups excluding carboxylic acids is 1. The lowest BCUT2D eigenvalue weighted by atomic mass is 10.1.